The third-order valence-electron chi connectivity index (χ3n) is 4.40. The Bertz CT molecular complexity index is 711. The SMILES string of the molecule is CCCN1CC[C@H](Cn2cnc3ccc(OC)cc3c2=O)C1. The molecule has 5 heteroatoms. The zero-order chi connectivity index (χ0) is 15.5. The highest BCUT2D eigenvalue weighted by atomic mass is 16.5. The molecule has 0 radical (unpaired) electrons. The lowest BCUT2D eigenvalue weighted by Crippen LogP contribution is -2.27. The molecule has 1 aliphatic heterocycles. The molecule has 0 bridgehead atoms. The van der Waals surface area contributed by atoms with Gasteiger partial charge >= 0.3 is 0 Å². The van der Waals surface area contributed by atoms with E-state index in [4.69, 9.17) is 4.74 Å². The van der Waals surface area contributed by atoms with Gasteiger partial charge in [0.2, 0.25) is 0 Å². The van der Waals surface area contributed by atoms with Crippen LogP contribution in [0.4, 0.5) is 0 Å². The van der Waals surface area contributed by atoms with Crippen LogP contribution in [-0.2, 0) is 6.54 Å². The van der Waals surface area contributed by atoms with Gasteiger partial charge in [0, 0.05) is 13.1 Å². The van der Waals surface area contributed by atoms with Crippen LogP contribution < -0.4 is 10.3 Å². The van der Waals surface area contributed by atoms with Crippen LogP contribution in [-0.4, -0.2) is 41.2 Å². The van der Waals surface area contributed by atoms with Gasteiger partial charge in [0.1, 0.15) is 5.75 Å². The Morgan fingerprint density at radius 2 is 2.27 bits per heavy atom. The summed E-state index contributed by atoms with van der Waals surface area (Å²) in [5.41, 5.74) is 0.749. The lowest BCUT2D eigenvalue weighted by atomic mass is 10.1. The van der Waals surface area contributed by atoms with Crippen molar-refractivity contribution in [2.75, 3.05) is 26.7 Å². The summed E-state index contributed by atoms with van der Waals surface area (Å²) in [6.45, 7) is 6.33. The Balaban J connectivity index is 1.82. The topological polar surface area (TPSA) is 47.4 Å². The van der Waals surface area contributed by atoms with Gasteiger partial charge in [0.05, 0.1) is 24.3 Å². The maximum Gasteiger partial charge on any atom is 0.261 e. The summed E-state index contributed by atoms with van der Waals surface area (Å²) in [7, 11) is 1.61. The molecule has 0 spiro atoms. The fraction of sp³-hybridized carbons (Fsp3) is 0.529. The minimum Gasteiger partial charge on any atom is -0.497 e. The quantitative estimate of drug-likeness (QED) is 0.849. The molecule has 2 heterocycles. The first kappa shape index (κ1) is 15.0. The van der Waals surface area contributed by atoms with Crippen LogP contribution in [0, 0.1) is 5.92 Å². The molecule has 1 atom stereocenters. The predicted octanol–water partition coefficient (Wildman–Crippen LogP) is 2.14. The molecule has 1 aromatic heterocycles. The number of rotatable bonds is 5. The van der Waals surface area contributed by atoms with Gasteiger partial charge in [-0.25, -0.2) is 4.98 Å². The summed E-state index contributed by atoms with van der Waals surface area (Å²) in [6, 6.07) is 5.44. The average molecular weight is 301 g/mol. The van der Waals surface area contributed by atoms with E-state index in [1.54, 1.807) is 24.1 Å². The molecule has 1 saturated heterocycles. The fourth-order valence-electron chi connectivity index (χ4n) is 3.25. The van der Waals surface area contributed by atoms with Crippen LogP contribution in [0.5, 0.6) is 5.75 Å². The first-order valence-corrected chi connectivity index (χ1v) is 7.96. The van der Waals surface area contributed by atoms with Crippen LogP contribution in [0.3, 0.4) is 0 Å². The van der Waals surface area contributed by atoms with E-state index in [1.807, 2.05) is 12.1 Å². The average Bonchev–Trinajstić information content (AvgIpc) is 2.97. The summed E-state index contributed by atoms with van der Waals surface area (Å²) >= 11 is 0. The molecular formula is C17H23N3O2. The summed E-state index contributed by atoms with van der Waals surface area (Å²) in [6.07, 6.45) is 4.02. The van der Waals surface area contributed by atoms with Gasteiger partial charge in [-0.2, -0.15) is 0 Å². The van der Waals surface area contributed by atoms with Crippen LogP contribution in [0.2, 0.25) is 0 Å². The second-order valence-electron chi connectivity index (χ2n) is 6.04. The molecule has 0 saturated carbocycles. The standard InChI is InChI=1S/C17H23N3O2/c1-3-7-19-8-6-13(10-19)11-20-12-18-16-5-4-14(22-2)9-15(16)17(20)21/h4-5,9,12-13H,3,6-8,10-11H2,1-2H3/t13-/m0/s1. The summed E-state index contributed by atoms with van der Waals surface area (Å²) < 4.78 is 6.96. The maximum atomic E-state index is 12.6. The lowest BCUT2D eigenvalue weighted by Gasteiger charge is -2.15. The molecule has 0 unspecified atom stereocenters. The zero-order valence-corrected chi connectivity index (χ0v) is 13.3. The lowest BCUT2D eigenvalue weighted by molar-refractivity contribution is 0.316. The monoisotopic (exact) mass is 301 g/mol. The van der Waals surface area contributed by atoms with Gasteiger partial charge in [-0.05, 0) is 50.0 Å². The second-order valence-corrected chi connectivity index (χ2v) is 6.04. The highest BCUT2D eigenvalue weighted by Gasteiger charge is 2.22. The third kappa shape index (κ3) is 2.99. The van der Waals surface area contributed by atoms with E-state index in [0.717, 1.165) is 38.1 Å². The predicted molar refractivity (Wildman–Crippen MR) is 87.4 cm³/mol. The number of hydrogen-bond donors (Lipinski definition) is 0. The molecule has 1 aromatic carbocycles. The minimum atomic E-state index is 0.0258. The molecule has 22 heavy (non-hydrogen) atoms. The fourth-order valence-corrected chi connectivity index (χ4v) is 3.25. The Morgan fingerprint density at radius 1 is 1.41 bits per heavy atom. The molecule has 118 valence electrons. The minimum absolute atomic E-state index is 0.0258. The number of methoxy groups -OCH3 is 1. The number of nitrogens with zero attached hydrogens (tertiary/aromatic N) is 3. The molecular weight excluding hydrogens is 278 g/mol. The highest BCUT2D eigenvalue weighted by Crippen LogP contribution is 2.19. The third-order valence-corrected chi connectivity index (χ3v) is 4.40. The van der Waals surface area contributed by atoms with E-state index in [1.165, 1.54) is 6.42 Å². The molecule has 5 nitrogen and oxygen atoms in total. The van der Waals surface area contributed by atoms with Crippen LogP contribution in [0.1, 0.15) is 19.8 Å². The van der Waals surface area contributed by atoms with E-state index >= 15 is 0 Å². The van der Waals surface area contributed by atoms with Crippen LogP contribution >= 0.6 is 0 Å². The maximum absolute atomic E-state index is 12.6. The van der Waals surface area contributed by atoms with Gasteiger partial charge < -0.3 is 9.64 Å². The first-order valence-electron chi connectivity index (χ1n) is 7.96. The van der Waals surface area contributed by atoms with Gasteiger partial charge in [-0.1, -0.05) is 6.92 Å². The molecule has 0 N–H and O–H groups in total. The summed E-state index contributed by atoms with van der Waals surface area (Å²) in [5, 5.41) is 0.630. The van der Waals surface area contributed by atoms with Crippen molar-refractivity contribution >= 4 is 10.9 Å². The van der Waals surface area contributed by atoms with E-state index < -0.39 is 0 Å². The smallest absolute Gasteiger partial charge is 0.261 e. The Morgan fingerprint density at radius 3 is 3.05 bits per heavy atom. The molecule has 1 aliphatic rings. The van der Waals surface area contributed by atoms with Crippen molar-refractivity contribution in [3.8, 4) is 5.75 Å². The zero-order valence-electron chi connectivity index (χ0n) is 13.3. The van der Waals surface area contributed by atoms with Gasteiger partial charge in [-0.3, -0.25) is 9.36 Å². The van der Waals surface area contributed by atoms with Crippen molar-refractivity contribution < 1.29 is 4.74 Å². The Hall–Kier alpha value is -1.88. The summed E-state index contributed by atoms with van der Waals surface area (Å²) in [5.74, 6) is 1.23. The van der Waals surface area contributed by atoms with Crippen molar-refractivity contribution in [3.05, 3.63) is 34.9 Å². The van der Waals surface area contributed by atoms with Crippen molar-refractivity contribution in [2.45, 2.75) is 26.3 Å². The number of aromatic nitrogens is 2. The number of fused-ring (bicyclic) bond motifs is 1. The van der Waals surface area contributed by atoms with Gasteiger partial charge in [0.15, 0.2) is 0 Å². The second kappa shape index (κ2) is 6.48. The largest absolute Gasteiger partial charge is 0.497 e. The van der Waals surface area contributed by atoms with E-state index in [9.17, 15) is 4.79 Å². The van der Waals surface area contributed by atoms with Gasteiger partial charge in [0.25, 0.3) is 5.56 Å². The Kier molecular flexibility index (Phi) is 4.43. The van der Waals surface area contributed by atoms with Crippen LogP contribution in [0.15, 0.2) is 29.3 Å². The molecule has 3 rings (SSSR count). The van der Waals surface area contributed by atoms with Crippen molar-refractivity contribution in [2.24, 2.45) is 5.92 Å². The number of likely N-dealkylation sites (tertiary alicyclic amines) is 1. The van der Waals surface area contributed by atoms with Crippen LogP contribution in [0.25, 0.3) is 10.9 Å². The van der Waals surface area contributed by atoms with Crippen molar-refractivity contribution in [1.82, 2.24) is 14.5 Å². The molecule has 0 aliphatic carbocycles. The van der Waals surface area contributed by atoms with E-state index in [0.29, 0.717) is 17.1 Å². The summed E-state index contributed by atoms with van der Waals surface area (Å²) in [4.78, 5) is 19.5. The first-order chi connectivity index (χ1) is 10.7. The molecule has 0 amide bonds. The Labute approximate surface area is 130 Å². The number of benzene rings is 1. The number of hydrogen-bond acceptors (Lipinski definition) is 4. The molecule has 1 fully saturated rings. The van der Waals surface area contributed by atoms with E-state index in [-0.39, 0.29) is 5.56 Å². The highest BCUT2D eigenvalue weighted by molar-refractivity contribution is 5.78. The van der Waals surface area contributed by atoms with Gasteiger partial charge in [-0.15, -0.1) is 0 Å². The van der Waals surface area contributed by atoms with E-state index in [2.05, 4.69) is 16.8 Å². The van der Waals surface area contributed by atoms with Crippen molar-refractivity contribution in [3.63, 3.8) is 0 Å². The normalized spacial score (nSPS) is 18.9. The molecule has 2 aromatic rings. The number of ether oxygens (including phenoxy) is 1. The van der Waals surface area contributed by atoms with Crippen molar-refractivity contribution in [1.29, 1.82) is 0 Å².